The van der Waals surface area contributed by atoms with E-state index in [1.165, 1.54) is 19.2 Å². The second-order valence-corrected chi connectivity index (χ2v) is 7.82. The molecular formula is C24H21F3N6O. The maximum absolute atomic E-state index is 15.4. The number of rotatable bonds is 5. The first-order valence-electron chi connectivity index (χ1n) is 10.4. The fourth-order valence-electron chi connectivity index (χ4n) is 4.02. The van der Waals surface area contributed by atoms with Gasteiger partial charge in [0.15, 0.2) is 11.6 Å². The number of carbonyl (C=O) groups excluding carboxylic acids is 1. The van der Waals surface area contributed by atoms with Gasteiger partial charge in [0.2, 0.25) is 0 Å². The summed E-state index contributed by atoms with van der Waals surface area (Å²) >= 11 is 0. The van der Waals surface area contributed by atoms with Crippen LogP contribution in [0.3, 0.4) is 0 Å². The van der Waals surface area contributed by atoms with Crippen molar-refractivity contribution in [2.24, 2.45) is 0 Å². The zero-order valence-corrected chi connectivity index (χ0v) is 18.7. The molecule has 0 fully saturated rings. The number of pyridine rings is 1. The number of fused-ring (bicyclic) bond motifs is 3. The van der Waals surface area contributed by atoms with Crippen molar-refractivity contribution in [1.82, 2.24) is 10.3 Å². The van der Waals surface area contributed by atoms with Gasteiger partial charge in [-0.05, 0) is 49.9 Å². The number of nitrogens with one attached hydrogen (secondary N) is 2. The molecule has 0 saturated carbocycles. The number of amides is 2. The molecule has 0 unspecified atom stereocenters. The van der Waals surface area contributed by atoms with E-state index >= 15 is 8.78 Å². The second kappa shape index (κ2) is 9.03. The summed E-state index contributed by atoms with van der Waals surface area (Å²) in [7, 11) is 3.13. The average Bonchev–Trinajstić information content (AvgIpc) is 2.88. The van der Waals surface area contributed by atoms with E-state index in [1.54, 1.807) is 20.0 Å². The predicted molar refractivity (Wildman–Crippen MR) is 124 cm³/mol. The van der Waals surface area contributed by atoms with E-state index in [9.17, 15) is 14.4 Å². The van der Waals surface area contributed by atoms with Crippen LogP contribution in [0.5, 0.6) is 0 Å². The van der Waals surface area contributed by atoms with Gasteiger partial charge in [-0.25, -0.2) is 22.9 Å². The number of anilines is 4. The van der Waals surface area contributed by atoms with Gasteiger partial charge in [-0.3, -0.25) is 9.80 Å². The summed E-state index contributed by atoms with van der Waals surface area (Å²) in [4.78, 5) is 19.6. The largest absolute Gasteiger partial charge is 0.384 e. The quantitative estimate of drug-likeness (QED) is 0.534. The number of hydrogen-bond donors (Lipinski definition) is 2. The number of urea groups is 1. The summed E-state index contributed by atoms with van der Waals surface area (Å²) in [6, 6.07) is 7.48. The van der Waals surface area contributed by atoms with Crippen LogP contribution in [0.25, 0.3) is 11.1 Å². The number of halogens is 3. The number of hydrogen-bond acceptors (Lipinski definition) is 5. The highest BCUT2D eigenvalue weighted by Gasteiger charge is 2.36. The summed E-state index contributed by atoms with van der Waals surface area (Å²) in [6.07, 6.45) is 0.962. The zero-order valence-electron chi connectivity index (χ0n) is 18.7. The van der Waals surface area contributed by atoms with Crippen molar-refractivity contribution in [1.29, 1.82) is 5.26 Å². The zero-order chi connectivity index (χ0) is 24.6. The molecule has 0 bridgehead atoms. The van der Waals surface area contributed by atoms with E-state index in [-0.39, 0.29) is 28.3 Å². The van der Waals surface area contributed by atoms with Gasteiger partial charge in [0.05, 0.1) is 23.5 Å². The normalized spacial score (nSPS) is 12.7. The van der Waals surface area contributed by atoms with Gasteiger partial charge in [-0.2, -0.15) is 5.26 Å². The lowest BCUT2D eigenvalue weighted by Gasteiger charge is -2.27. The number of aryl methyl sites for hydroxylation is 1. The smallest absolute Gasteiger partial charge is 0.334 e. The summed E-state index contributed by atoms with van der Waals surface area (Å²) in [5.74, 6) is -2.49. The third-order valence-electron chi connectivity index (χ3n) is 5.53. The van der Waals surface area contributed by atoms with Crippen LogP contribution in [-0.2, 0) is 0 Å². The molecule has 34 heavy (non-hydrogen) atoms. The lowest BCUT2D eigenvalue weighted by Crippen LogP contribution is -2.39. The van der Waals surface area contributed by atoms with E-state index in [0.29, 0.717) is 24.2 Å². The van der Waals surface area contributed by atoms with Crippen molar-refractivity contribution in [2.75, 3.05) is 42.3 Å². The topological polar surface area (TPSA) is 84.3 Å². The highest BCUT2D eigenvalue weighted by Crippen LogP contribution is 2.46. The Labute approximate surface area is 194 Å². The van der Waals surface area contributed by atoms with Crippen LogP contribution < -0.4 is 20.4 Å². The first kappa shape index (κ1) is 23.1. The van der Waals surface area contributed by atoms with Crippen molar-refractivity contribution in [2.45, 2.75) is 6.92 Å². The van der Waals surface area contributed by atoms with Gasteiger partial charge in [-0.15, -0.1) is 0 Å². The van der Waals surface area contributed by atoms with Crippen LogP contribution in [-0.4, -0.2) is 38.2 Å². The summed E-state index contributed by atoms with van der Waals surface area (Å²) in [6.45, 7) is 2.68. The number of carbonyl (C=O) groups is 1. The molecule has 3 aromatic rings. The third-order valence-corrected chi connectivity index (χ3v) is 5.53. The number of nitrogens with zero attached hydrogens (tertiary/aromatic N) is 4. The average molecular weight is 466 g/mol. The van der Waals surface area contributed by atoms with Crippen molar-refractivity contribution in [3.05, 3.63) is 65.1 Å². The summed E-state index contributed by atoms with van der Waals surface area (Å²) in [5, 5.41) is 15.3. The maximum Gasteiger partial charge on any atom is 0.334 e. The van der Waals surface area contributed by atoms with Crippen molar-refractivity contribution in [3.63, 3.8) is 0 Å². The standard InChI is InChI=1S/C24H21F3N6O/c1-13-6-14(11-28)7-20-21(13)17-8-15(25)12-31-23(17)32(3)24(34)33(20)22-18(26)9-16(10-19(22)27)30-5-4-29-2/h6-10,12,29-30H,4-5H2,1-3H3. The Hall–Kier alpha value is -4.10. The van der Waals surface area contributed by atoms with Crippen LogP contribution in [0.2, 0.25) is 0 Å². The SMILES string of the molecule is CNCCNc1cc(F)c(N2C(=O)N(C)c3ncc(F)cc3-c3c(C)cc(C#N)cc32)c(F)c1. The first-order chi connectivity index (χ1) is 16.3. The molecule has 4 rings (SSSR count). The molecule has 0 radical (unpaired) electrons. The molecule has 2 heterocycles. The molecule has 10 heteroatoms. The Kier molecular flexibility index (Phi) is 6.13. The van der Waals surface area contributed by atoms with E-state index in [0.717, 1.165) is 28.1 Å². The molecule has 1 aliphatic rings. The van der Waals surface area contributed by atoms with Crippen LogP contribution >= 0.6 is 0 Å². The molecule has 1 aliphatic heterocycles. The number of benzene rings is 2. The van der Waals surface area contributed by atoms with E-state index in [2.05, 4.69) is 15.6 Å². The molecule has 174 valence electrons. The Balaban J connectivity index is 1.98. The lowest BCUT2D eigenvalue weighted by molar-refractivity contribution is 0.254. The molecule has 0 aliphatic carbocycles. The van der Waals surface area contributed by atoms with Gasteiger partial charge < -0.3 is 10.6 Å². The van der Waals surface area contributed by atoms with Crippen molar-refractivity contribution >= 4 is 28.9 Å². The molecule has 2 amide bonds. The van der Waals surface area contributed by atoms with Gasteiger partial charge in [0, 0.05) is 37.0 Å². The molecule has 2 N–H and O–H groups in total. The van der Waals surface area contributed by atoms with Gasteiger partial charge >= 0.3 is 6.03 Å². The molecular weight excluding hydrogens is 445 g/mol. The molecule has 0 atom stereocenters. The number of likely N-dealkylation sites (N-methyl/N-ethyl adjacent to an activating group) is 1. The molecule has 7 nitrogen and oxygen atoms in total. The van der Waals surface area contributed by atoms with Crippen LogP contribution in [0, 0.1) is 35.7 Å². The highest BCUT2D eigenvalue weighted by molar-refractivity contribution is 6.15. The van der Waals surface area contributed by atoms with Gasteiger partial charge in [0.25, 0.3) is 0 Å². The molecule has 2 aromatic carbocycles. The summed E-state index contributed by atoms with van der Waals surface area (Å²) < 4.78 is 44.9. The molecule has 0 spiro atoms. The van der Waals surface area contributed by atoms with Crippen LogP contribution in [0.15, 0.2) is 36.5 Å². The second-order valence-electron chi connectivity index (χ2n) is 7.82. The Bertz CT molecular complexity index is 1310. The molecule has 0 saturated heterocycles. The van der Waals surface area contributed by atoms with Gasteiger partial charge in [-0.1, -0.05) is 0 Å². The van der Waals surface area contributed by atoms with Crippen molar-refractivity contribution in [3.8, 4) is 17.2 Å². The van der Waals surface area contributed by atoms with Crippen LogP contribution in [0.1, 0.15) is 11.1 Å². The van der Waals surface area contributed by atoms with Crippen molar-refractivity contribution < 1.29 is 18.0 Å². The fraction of sp³-hybridized carbons (Fsp3) is 0.208. The number of nitriles is 1. The van der Waals surface area contributed by atoms with Gasteiger partial charge in [0.1, 0.15) is 17.3 Å². The minimum atomic E-state index is -0.982. The van der Waals surface area contributed by atoms with E-state index in [4.69, 9.17) is 0 Å². The first-order valence-corrected chi connectivity index (χ1v) is 10.4. The predicted octanol–water partition coefficient (Wildman–Crippen LogP) is 4.69. The lowest BCUT2D eigenvalue weighted by atomic mass is 9.96. The maximum atomic E-state index is 15.4. The van der Waals surface area contributed by atoms with E-state index < -0.39 is 29.2 Å². The number of aromatic nitrogens is 1. The molecule has 1 aromatic heterocycles. The minimum absolute atomic E-state index is 0.0493. The Morgan fingerprint density at radius 1 is 1.09 bits per heavy atom. The minimum Gasteiger partial charge on any atom is -0.384 e. The summed E-state index contributed by atoms with van der Waals surface area (Å²) in [5.41, 5.74) is 0.944. The fourth-order valence-corrected chi connectivity index (χ4v) is 4.02. The van der Waals surface area contributed by atoms with E-state index in [1.807, 2.05) is 6.07 Å². The Morgan fingerprint density at radius 2 is 1.79 bits per heavy atom. The Morgan fingerprint density at radius 3 is 2.44 bits per heavy atom. The van der Waals surface area contributed by atoms with Crippen LogP contribution in [0.4, 0.5) is 40.8 Å². The third kappa shape index (κ3) is 3.91. The monoisotopic (exact) mass is 466 g/mol. The highest BCUT2D eigenvalue weighted by atomic mass is 19.1.